The summed E-state index contributed by atoms with van der Waals surface area (Å²) in [7, 11) is 1.50. The second-order valence-electron chi connectivity index (χ2n) is 12.0. The molecule has 1 aromatic heterocycles. The number of H-pyrrole nitrogens is 1. The molecule has 0 aliphatic heterocycles. The molecular formula is C36H42N4O7. The van der Waals surface area contributed by atoms with Crippen molar-refractivity contribution in [2.75, 3.05) is 13.7 Å². The van der Waals surface area contributed by atoms with E-state index in [4.69, 9.17) is 19.4 Å². The molecule has 3 aromatic carbocycles. The van der Waals surface area contributed by atoms with E-state index in [0.29, 0.717) is 36.3 Å². The molecule has 0 aliphatic carbocycles. The lowest BCUT2D eigenvalue weighted by molar-refractivity contribution is -0.124. The van der Waals surface area contributed by atoms with E-state index in [1.54, 1.807) is 44.5 Å². The summed E-state index contributed by atoms with van der Waals surface area (Å²) >= 11 is 0. The summed E-state index contributed by atoms with van der Waals surface area (Å²) in [4.78, 5) is 41.3. The van der Waals surface area contributed by atoms with Crippen LogP contribution in [0.2, 0.25) is 0 Å². The van der Waals surface area contributed by atoms with Gasteiger partial charge in [0.1, 0.15) is 18.2 Å². The highest BCUT2D eigenvalue weighted by atomic mass is 16.6. The summed E-state index contributed by atoms with van der Waals surface area (Å²) < 4.78 is 17.2. The molecule has 0 unspecified atom stereocenters. The molecule has 248 valence electrons. The third-order valence-electron chi connectivity index (χ3n) is 7.22. The van der Waals surface area contributed by atoms with Crippen LogP contribution in [0.15, 0.2) is 85.1 Å². The lowest BCUT2D eigenvalue weighted by Crippen LogP contribution is -2.52. The van der Waals surface area contributed by atoms with Crippen molar-refractivity contribution in [2.45, 2.75) is 57.7 Å². The van der Waals surface area contributed by atoms with Crippen molar-refractivity contribution >= 4 is 34.9 Å². The second-order valence-corrected chi connectivity index (χ2v) is 12.0. The Morgan fingerprint density at radius 3 is 2.43 bits per heavy atom. The summed E-state index contributed by atoms with van der Waals surface area (Å²) in [6.45, 7) is 5.39. The number of aromatic amines is 1. The number of alkyl carbamates (subject to hydrolysis) is 1. The first-order chi connectivity index (χ1) is 22.5. The molecule has 0 radical (unpaired) electrons. The lowest BCUT2D eigenvalue weighted by atomic mass is 10.0. The predicted octanol–water partition coefficient (Wildman–Crippen LogP) is 5.33. The van der Waals surface area contributed by atoms with E-state index in [0.717, 1.165) is 22.0 Å². The van der Waals surface area contributed by atoms with Crippen LogP contribution in [0.3, 0.4) is 0 Å². The number of carbonyl (C=O) groups excluding carboxylic acids is 3. The molecule has 4 rings (SSSR count). The average Bonchev–Trinajstić information content (AvgIpc) is 3.46. The van der Waals surface area contributed by atoms with E-state index in [-0.39, 0.29) is 12.5 Å². The zero-order valence-corrected chi connectivity index (χ0v) is 27.0. The first-order valence-corrected chi connectivity index (χ1v) is 15.4. The molecule has 3 amide bonds. The molecule has 11 nitrogen and oxygen atoms in total. The summed E-state index contributed by atoms with van der Waals surface area (Å²) in [6.07, 6.45) is 5.30. The number of para-hydroxylation sites is 1. The van der Waals surface area contributed by atoms with Crippen LogP contribution < -0.4 is 25.6 Å². The van der Waals surface area contributed by atoms with Gasteiger partial charge in [-0.2, -0.15) is 0 Å². The fourth-order valence-electron chi connectivity index (χ4n) is 5.00. The number of fused-ring (bicyclic) bond motifs is 1. The molecule has 0 spiro atoms. The second kappa shape index (κ2) is 16.3. The van der Waals surface area contributed by atoms with E-state index in [9.17, 15) is 14.4 Å². The van der Waals surface area contributed by atoms with Gasteiger partial charge in [-0.1, -0.05) is 54.6 Å². The fourth-order valence-corrected chi connectivity index (χ4v) is 5.00. The van der Waals surface area contributed by atoms with Gasteiger partial charge in [-0.3, -0.25) is 14.8 Å². The number of amides is 3. The molecule has 47 heavy (non-hydrogen) atoms. The average molecular weight is 643 g/mol. The number of methoxy groups -OCH3 is 1. The van der Waals surface area contributed by atoms with Crippen molar-refractivity contribution in [2.24, 2.45) is 0 Å². The number of nitrogens with one attached hydrogen (secondary N) is 4. The molecule has 0 saturated heterocycles. The van der Waals surface area contributed by atoms with Gasteiger partial charge in [-0.25, -0.2) is 10.3 Å². The molecule has 1 heterocycles. The van der Waals surface area contributed by atoms with Crippen LogP contribution in [-0.2, 0) is 27.2 Å². The number of benzene rings is 3. The largest absolute Gasteiger partial charge is 0.493 e. The Balaban J connectivity index is 1.56. The van der Waals surface area contributed by atoms with Gasteiger partial charge in [0.05, 0.1) is 13.2 Å². The molecular weight excluding hydrogens is 600 g/mol. The highest BCUT2D eigenvalue weighted by molar-refractivity contribution is 5.91. The normalized spacial score (nSPS) is 12.7. The Labute approximate surface area is 274 Å². The number of ether oxygens (including phenoxy) is 3. The Hall–Kier alpha value is -5.29. The van der Waals surface area contributed by atoms with Crippen LogP contribution in [0, 0.1) is 0 Å². The minimum atomic E-state index is -0.868. The quantitative estimate of drug-likeness (QED) is 0.0709. The third kappa shape index (κ3) is 10.6. The van der Waals surface area contributed by atoms with Crippen molar-refractivity contribution < 1.29 is 33.8 Å². The zero-order chi connectivity index (χ0) is 33.8. The highest BCUT2D eigenvalue weighted by Gasteiger charge is 2.27. The van der Waals surface area contributed by atoms with E-state index in [1.165, 1.54) is 19.3 Å². The number of hydrogen-bond acceptors (Lipinski definition) is 7. The van der Waals surface area contributed by atoms with Gasteiger partial charge >= 0.3 is 6.09 Å². The van der Waals surface area contributed by atoms with Crippen LogP contribution in [0.4, 0.5) is 4.79 Å². The predicted molar refractivity (Wildman–Crippen MR) is 179 cm³/mol. The van der Waals surface area contributed by atoms with E-state index in [1.807, 2.05) is 60.8 Å². The maximum atomic E-state index is 13.9. The summed E-state index contributed by atoms with van der Waals surface area (Å²) in [5.74, 6) is -0.179. The summed E-state index contributed by atoms with van der Waals surface area (Å²) in [5.41, 5.74) is 4.47. The van der Waals surface area contributed by atoms with Gasteiger partial charge in [0.15, 0.2) is 11.5 Å². The number of aromatic nitrogens is 1. The topological polar surface area (TPSA) is 151 Å². The number of rotatable bonds is 14. The van der Waals surface area contributed by atoms with E-state index < -0.39 is 29.7 Å². The van der Waals surface area contributed by atoms with Crippen LogP contribution >= 0.6 is 0 Å². The van der Waals surface area contributed by atoms with Gasteiger partial charge in [0, 0.05) is 23.2 Å². The van der Waals surface area contributed by atoms with Gasteiger partial charge in [0.25, 0.3) is 5.91 Å². The van der Waals surface area contributed by atoms with Crippen LogP contribution in [0.1, 0.15) is 43.9 Å². The van der Waals surface area contributed by atoms with Crippen LogP contribution in [-0.4, -0.2) is 59.5 Å². The summed E-state index contributed by atoms with van der Waals surface area (Å²) in [5, 5.41) is 15.7. The van der Waals surface area contributed by atoms with E-state index in [2.05, 4.69) is 15.6 Å². The van der Waals surface area contributed by atoms with Gasteiger partial charge in [-0.15, -0.1) is 0 Å². The van der Waals surface area contributed by atoms with Gasteiger partial charge in [-0.05, 0) is 81.0 Å². The zero-order valence-electron chi connectivity index (χ0n) is 27.0. The van der Waals surface area contributed by atoms with Crippen LogP contribution in [0.25, 0.3) is 17.0 Å². The molecule has 0 bridgehead atoms. The smallest absolute Gasteiger partial charge is 0.408 e. The monoisotopic (exact) mass is 642 g/mol. The number of hydroxylamine groups is 1. The molecule has 5 N–H and O–H groups in total. The fraction of sp³-hybridized carbons (Fsp3) is 0.306. The Morgan fingerprint density at radius 2 is 1.70 bits per heavy atom. The van der Waals surface area contributed by atoms with Crippen molar-refractivity contribution in [3.63, 3.8) is 0 Å². The first-order valence-electron chi connectivity index (χ1n) is 15.4. The third-order valence-corrected chi connectivity index (χ3v) is 7.22. The first kappa shape index (κ1) is 34.6. The Morgan fingerprint density at radius 1 is 0.957 bits per heavy atom. The number of carbonyl (C=O) groups is 3. The highest BCUT2D eigenvalue weighted by Crippen LogP contribution is 2.29. The Kier molecular flexibility index (Phi) is 12.0. The van der Waals surface area contributed by atoms with Gasteiger partial charge in [0.2, 0.25) is 5.91 Å². The van der Waals surface area contributed by atoms with Crippen molar-refractivity contribution in [3.05, 3.63) is 102 Å². The van der Waals surface area contributed by atoms with Crippen LogP contribution in [0.5, 0.6) is 11.5 Å². The standard InChI is InChI=1S/C36H42N4O7/c1-36(2,3)47-35(43)39-30(17-14-24-10-6-5-7-11-24)34(42)38-27(21-26-22-37-29-13-9-8-12-28(26)29)23-46-31-18-15-25(20-32(31)45-4)16-19-33(41)40-44/h5-13,15-16,18-20,22,27,30,37,44H,14,17,21,23H2,1-4H3,(H,38,42)(H,39,43)(H,40,41)/b19-16+/t27-,30-/m0/s1. The SMILES string of the molecule is COc1cc(/C=C/C(=O)NO)ccc1OC[C@H](Cc1c[nH]c2ccccc12)NC(=O)[C@H](CCc1ccccc1)NC(=O)OC(C)(C)C. The molecule has 0 fully saturated rings. The molecule has 11 heteroatoms. The maximum Gasteiger partial charge on any atom is 0.408 e. The lowest BCUT2D eigenvalue weighted by Gasteiger charge is -2.26. The van der Waals surface area contributed by atoms with Crippen molar-refractivity contribution in [1.82, 2.24) is 21.1 Å². The molecule has 2 atom stereocenters. The molecule has 0 aliphatic rings. The molecule has 0 saturated carbocycles. The number of aryl methyl sites for hydroxylation is 1. The Bertz CT molecular complexity index is 1680. The minimum absolute atomic E-state index is 0.0849. The van der Waals surface area contributed by atoms with Crippen molar-refractivity contribution in [3.8, 4) is 11.5 Å². The molecule has 4 aromatic rings. The van der Waals surface area contributed by atoms with Crippen molar-refractivity contribution in [1.29, 1.82) is 0 Å². The minimum Gasteiger partial charge on any atom is -0.493 e. The summed E-state index contributed by atoms with van der Waals surface area (Å²) in [6, 6.07) is 21.4. The van der Waals surface area contributed by atoms with Gasteiger partial charge < -0.3 is 29.8 Å². The number of hydrogen-bond donors (Lipinski definition) is 5. The van der Waals surface area contributed by atoms with E-state index >= 15 is 0 Å². The maximum absolute atomic E-state index is 13.9.